The summed E-state index contributed by atoms with van der Waals surface area (Å²) in [6.45, 7) is 2.05. The lowest BCUT2D eigenvalue weighted by molar-refractivity contribution is -0.170. The number of para-hydroxylation sites is 1. The number of amides is 1. The first kappa shape index (κ1) is 12.4. The van der Waals surface area contributed by atoms with E-state index in [2.05, 4.69) is 12.2 Å². The largest absolute Gasteiger partial charge is 0.356 e. The van der Waals surface area contributed by atoms with Gasteiger partial charge in [0.25, 0.3) is 5.91 Å². The smallest absolute Gasteiger partial charge is 0.261 e. The standard InChI is InChI=1S/C15H17NO3/c1-2-5-11-8-10(17)9-15(19-11)12-6-3-4-7-13(12)16-14(15)18/h3-4,6-7,11H,2,5,8-9H2,1H3,(H,16,18)/t11-,15+/m0/s1. The minimum absolute atomic E-state index is 0.108. The molecule has 1 spiro atoms. The molecule has 4 heteroatoms. The zero-order valence-electron chi connectivity index (χ0n) is 10.9. The van der Waals surface area contributed by atoms with Crippen LogP contribution in [0, 0.1) is 0 Å². The maximum atomic E-state index is 12.3. The third kappa shape index (κ3) is 1.87. The molecular formula is C15H17NO3. The zero-order valence-corrected chi connectivity index (χ0v) is 10.9. The minimum atomic E-state index is -1.09. The molecule has 3 rings (SSSR count). The fourth-order valence-corrected chi connectivity index (χ4v) is 3.04. The fourth-order valence-electron chi connectivity index (χ4n) is 3.04. The number of anilines is 1. The van der Waals surface area contributed by atoms with E-state index in [-0.39, 0.29) is 24.2 Å². The van der Waals surface area contributed by atoms with E-state index in [1.54, 1.807) is 0 Å². The molecule has 2 heterocycles. The van der Waals surface area contributed by atoms with Crippen molar-refractivity contribution in [1.29, 1.82) is 0 Å². The summed E-state index contributed by atoms with van der Waals surface area (Å²) < 4.78 is 6.05. The summed E-state index contributed by atoms with van der Waals surface area (Å²) in [5, 5.41) is 2.82. The van der Waals surface area contributed by atoms with Crippen LogP contribution in [0.3, 0.4) is 0 Å². The van der Waals surface area contributed by atoms with E-state index in [4.69, 9.17) is 4.74 Å². The highest BCUT2D eigenvalue weighted by molar-refractivity contribution is 6.07. The minimum Gasteiger partial charge on any atom is -0.356 e. The molecule has 2 aliphatic heterocycles. The van der Waals surface area contributed by atoms with Gasteiger partial charge in [-0.15, -0.1) is 0 Å². The molecule has 4 nitrogen and oxygen atoms in total. The van der Waals surface area contributed by atoms with E-state index in [1.807, 2.05) is 24.3 Å². The summed E-state index contributed by atoms with van der Waals surface area (Å²) in [7, 11) is 0. The molecule has 0 bridgehead atoms. The van der Waals surface area contributed by atoms with Gasteiger partial charge >= 0.3 is 0 Å². The van der Waals surface area contributed by atoms with Gasteiger partial charge in [0.2, 0.25) is 0 Å². The molecule has 0 aromatic heterocycles. The third-order valence-electron chi connectivity index (χ3n) is 3.86. The van der Waals surface area contributed by atoms with Gasteiger partial charge < -0.3 is 10.1 Å². The van der Waals surface area contributed by atoms with Crippen LogP contribution in [0.4, 0.5) is 5.69 Å². The Morgan fingerprint density at radius 2 is 2.16 bits per heavy atom. The molecule has 0 aliphatic carbocycles. The first-order valence-corrected chi connectivity index (χ1v) is 6.76. The molecule has 100 valence electrons. The number of carbonyl (C=O) groups is 2. The van der Waals surface area contributed by atoms with Gasteiger partial charge in [-0.2, -0.15) is 0 Å². The van der Waals surface area contributed by atoms with Gasteiger partial charge in [0, 0.05) is 24.1 Å². The highest BCUT2D eigenvalue weighted by atomic mass is 16.5. The van der Waals surface area contributed by atoms with Crippen LogP contribution in [0.2, 0.25) is 0 Å². The van der Waals surface area contributed by atoms with Crippen LogP contribution in [-0.2, 0) is 19.9 Å². The van der Waals surface area contributed by atoms with Crippen LogP contribution in [-0.4, -0.2) is 17.8 Å². The van der Waals surface area contributed by atoms with Crippen molar-refractivity contribution in [3.05, 3.63) is 29.8 Å². The first-order valence-electron chi connectivity index (χ1n) is 6.76. The summed E-state index contributed by atoms with van der Waals surface area (Å²) in [5.41, 5.74) is 0.470. The van der Waals surface area contributed by atoms with Gasteiger partial charge in [0.05, 0.1) is 6.10 Å². The topological polar surface area (TPSA) is 55.4 Å². The Labute approximate surface area is 112 Å². The average Bonchev–Trinajstić information content (AvgIpc) is 2.62. The second-order valence-corrected chi connectivity index (χ2v) is 5.27. The van der Waals surface area contributed by atoms with Gasteiger partial charge in [-0.1, -0.05) is 31.5 Å². The summed E-state index contributed by atoms with van der Waals surface area (Å²) >= 11 is 0. The summed E-state index contributed by atoms with van der Waals surface area (Å²) in [6.07, 6.45) is 2.17. The van der Waals surface area contributed by atoms with E-state index in [9.17, 15) is 9.59 Å². The molecular weight excluding hydrogens is 242 g/mol. The predicted octanol–water partition coefficient (Wildman–Crippen LogP) is 2.38. The maximum absolute atomic E-state index is 12.3. The van der Waals surface area contributed by atoms with E-state index in [1.165, 1.54) is 0 Å². The number of benzene rings is 1. The highest BCUT2D eigenvalue weighted by Gasteiger charge is 2.53. The number of nitrogens with one attached hydrogen (secondary N) is 1. The molecule has 19 heavy (non-hydrogen) atoms. The second-order valence-electron chi connectivity index (χ2n) is 5.27. The van der Waals surface area contributed by atoms with Crippen molar-refractivity contribution < 1.29 is 14.3 Å². The zero-order chi connectivity index (χ0) is 13.5. The maximum Gasteiger partial charge on any atom is 0.261 e. The van der Waals surface area contributed by atoms with Crippen LogP contribution in [0.15, 0.2) is 24.3 Å². The van der Waals surface area contributed by atoms with Gasteiger partial charge in [0.1, 0.15) is 5.78 Å². The van der Waals surface area contributed by atoms with Gasteiger partial charge in [-0.3, -0.25) is 9.59 Å². The predicted molar refractivity (Wildman–Crippen MR) is 70.8 cm³/mol. The van der Waals surface area contributed by atoms with Gasteiger partial charge in [-0.25, -0.2) is 0 Å². The SMILES string of the molecule is CCC[C@H]1CC(=O)C[C@]2(O1)C(=O)Nc1ccccc12. The van der Waals surface area contributed by atoms with Gasteiger partial charge in [-0.05, 0) is 12.5 Å². The van der Waals surface area contributed by atoms with Crippen LogP contribution in [0.25, 0.3) is 0 Å². The fraction of sp³-hybridized carbons (Fsp3) is 0.467. The molecule has 0 unspecified atom stereocenters. The molecule has 1 amide bonds. The second kappa shape index (κ2) is 4.46. The van der Waals surface area contributed by atoms with E-state index in [0.29, 0.717) is 6.42 Å². The Morgan fingerprint density at radius 3 is 2.95 bits per heavy atom. The quantitative estimate of drug-likeness (QED) is 0.887. The molecule has 1 fully saturated rings. The van der Waals surface area contributed by atoms with Gasteiger partial charge in [0.15, 0.2) is 5.60 Å². The molecule has 0 saturated carbocycles. The van der Waals surface area contributed by atoms with Crippen molar-refractivity contribution >= 4 is 17.4 Å². The molecule has 2 atom stereocenters. The molecule has 1 N–H and O–H groups in total. The lowest BCUT2D eigenvalue weighted by Crippen LogP contribution is -2.46. The monoisotopic (exact) mass is 259 g/mol. The molecule has 1 saturated heterocycles. The Bertz CT molecular complexity index is 540. The van der Waals surface area contributed by atoms with Crippen LogP contribution >= 0.6 is 0 Å². The molecule has 1 aromatic carbocycles. The van der Waals surface area contributed by atoms with Crippen molar-refractivity contribution in [3.8, 4) is 0 Å². The highest BCUT2D eigenvalue weighted by Crippen LogP contribution is 2.45. The van der Waals surface area contributed by atoms with E-state index in [0.717, 1.165) is 24.1 Å². The summed E-state index contributed by atoms with van der Waals surface area (Å²) in [5.74, 6) is -0.0978. The van der Waals surface area contributed by atoms with Crippen LogP contribution in [0.1, 0.15) is 38.2 Å². The Hall–Kier alpha value is -1.68. The number of Topliss-reactive ketones (excluding diaryl/α,β-unsaturated/α-hetero) is 1. The van der Waals surface area contributed by atoms with Crippen molar-refractivity contribution in [1.82, 2.24) is 0 Å². The number of rotatable bonds is 2. The van der Waals surface area contributed by atoms with E-state index < -0.39 is 5.60 Å². The Balaban J connectivity index is 2.02. The van der Waals surface area contributed by atoms with Crippen molar-refractivity contribution in [3.63, 3.8) is 0 Å². The Kier molecular flexibility index (Phi) is 2.90. The average molecular weight is 259 g/mol. The van der Waals surface area contributed by atoms with Crippen molar-refractivity contribution in [2.45, 2.75) is 44.3 Å². The van der Waals surface area contributed by atoms with Crippen LogP contribution < -0.4 is 5.32 Å². The molecule has 2 aliphatic rings. The number of ether oxygens (including phenoxy) is 1. The normalized spacial score (nSPS) is 29.4. The molecule has 1 aromatic rings. The van der Waals surface area contributed by atoms with Crippen LogP contribution in [0.5, 0.6) is 0 Å². The number of fused-ring (bicyclic) bond motifs is 2. The third-order valence-corrected chi connectivity index (χ3v) is 3.86. The number of hydrogen-bond donors (Lipinski definition) is 1. The van der Waals surface area contributed by atoms with E-state index >= 15 is 0 Å². The lowest BCUT2D eigenvalue weighted by atomic mass is 9.84. The summed E-state index contributed by atoms with van der Waals surface area (Å²) in [4.78, 5) is 24.3. The molecule has 0 radical (unpaired) electrons. The number of ketones is 1. The Morgan fingerprint density at radius 1 is 1.37 bits per heavy atom. The first-order chi connectivity index (χ1) is 9.15. The number of hydrogen-bond acceptors (Lipinski definition) is 3. The summed E-state index contributed by atoms with van der Waals surface area (Å²) in [6, 6.07) is 7.46. The van der Waals surface area contributed by atoms with Crippen molar-refractivity contribution in [2.75, 3.05) is 5.32 Å². The van der Waals surface area contributed by atoms with Crippen molar-refractivity contribution in [2.24, 2.45) is 0 Å². The number of carbonyl (C=O) groups excluding carboxylic acids is 2. The lowest BCUT2D eigenvalue weighted by Gasteiger charge is -2.36.